The second kappa shape index (κ2) is 10.5. The third-order valence-electron chi connectivity index (χ3n) is 4.80. The first-order chi connectivity index (χ1) is 15.7. The second-order valence-electron chi connectivity index (χ2n) is 7.11. The molecule has 32 heavy (non-hydrogen) atoms. The van der Waals surface area contributed by atoms with E-state index in [-0.39, 0.29) is 18.2 Å². The zero-order valence-corrected chi connectivity index (χ0v) is 18.1. The van der Waals surface area contributed by atoms with Crippen molar-refractivity contribution < 1.29 is 14.1 Å². The van der Waals surface area contributed by atoms with Crippen LogP contribution in [0.15, 0.2) is 75.9 Å². The summed E-state index contributed by atoms with van der Waals surface area (Å²) in [6.07, 6.45) is 1.21. The van der Waals surface area contributed by atoms with E-state index in [4.69, 9.17) is 4.52 Å². The summed E-state index contributed by atoms with van der Waals surface area (Å²) in [6, 6.07) is 18.8. The summed E-state index contributed by atoms with van der Waals surface area (Å²) in [4.78, 5) is 29.4. The van der Waals surface area contributed by atoms with Crippen LogP contribution in [-0.2, 0) is 17.6 Å². The molecule has 0 spiro atoms. The third-order valence-corrected chi connectivity index (χ3v) is 5.48. The summed E-state index contributed by atoms with van der Waals surface area (Å²) in [5, 5.41) is 13.5. The molecule has 2 heterocycles. The molecule has 0 unspecified atom stereocenters. The van der Waals surface area contributed by atoms with E-state index in [0.29, 0.717) is 35.9 Å². The molecule has 0 aliphatic rings. The van der Waals surface area contributed by atoms with Crippen molar-refractivity contribution in [1.29, 1.82) is 0 Å². The van der Waals surface area contributed by atoms with E-state index in [1.54, 1.807) is 35.6 Å². The van der Waals surface area contributed by atoms with Gasteiger partial charge in [0.25, 0.3) is 5.91 Å². The maximum Gasteiger partial charge on any atom is 0.253 e. The molecular weight excluding hydrogens is 424 g/mol. The molecule has 0 aliphatic heterocycles. The molecule has 2 N–H and O–H groups in total. The predicted octanol–water partition coefficient (Wildman–Crippen LogP) is 4.34. The molecule has 0 radical (unpaired) electrons. The van der Waals surface area contributed by atoms with Crippen molar-refractivity contribution in [2.24, 2.45) is 0 Å². The fourth-order valence-corrected chi connectivity index (χ4v) is 3.78. The van der Waals surface area contributed by atoms with Crippen LogP contribution >= 0.6 is 11.3 Å². The average Bonchev–Trinajstić information content (AvgIpc) is 3.51. The molecule has 2 aromatic carbocycles. The van der Waals surface area contributed by atoms with Crippen molar-refractivity contribution in [3.63, 3.8) is 0 Å². The number of hydrogen-bond donors (Lipinski definition) is 2. The summed E-state index contributed by atoms with van der Waals surface area (Å²) in [7, 11) is 0. The van der Waals surface area contributed by atoms with Gasteiger partial charge in [-0.3, -0.25) is 9.59 Å². The number of benzene rings is 2. The van der Waals surface area contributed by atoms with Gasteiger partial charge in [0.1, 0.15) is 0 Å². The van der Waals surface area contributed by atoms with Gasteiger partial charge in [-0.2, -0.15) is 16.3 Å². The normalized spacial score (nSPS) is 10.6. The number of carbonyl (C=O) groups excluding carboxylic acids is 2. The number of nitrogens with zero attached hydrogens (tertiary/aromatic N) is 2. The number of hydrogen-bond acceptors (Lipinski definition) is 6. The van der Waals surface area contributed by atoms with Gasteiger partial charge in [-0.25, -0.2) is 0 Å². The van der Waals surface area contributed by atoms with Crippen molar-refractivity contribution in [1.82, 2.24) is 15.5 Å². The Morgan fingerprint density at radius 1 is 0.969 bits per heavy atom. The van der Waals surface area contributed by atoms with E-state index in [0.717, 1.165) is 17.5 Å². The van der Waals surface area contributed by atoms with Gasteiger partial charge in [-0.05, 0) is 35.6 Å². The van der Waals surface area contributed by atoms with Crippen LogP contribution < -0.4 is 10.6 Å². The van der Waals surface area contributed by atoms with Crippen LogP contribution in [0, 0.1) is 0 Å². The van der Waals surface area contributed by atoms with E-state index in [2.05, 4.69) is 20.8 Å². The fourth-order valence-electron chi connectivity index (χ4n) is 3.15. The lowest BCUT2D eigenvalue weighted by Crippen LogP contribution is -2.27. The highest BCUT2D eigenvalue weighted by atomic mass is 32.1. The van der Waals surface area contributed by atoms with Crippen LogP contribution in [0.1, 0.15) is 28.2 Å². The Hall–Kier alpha value is -3.78. The van der Waals surface area contributed by atoms with E-state index < -0.39 is 0 Å². The Balaban J connectivity index is 1.30. The van der Waals surface area contributed by atoms with Crippen molar-refractivity contribution in [3.8, 4) is 11.4 Å². The Bertz CT molecular complexity index is 1170. The van der Waals surface area contributed by atoms with Gasteiger partial charge in [0.05, 0.1) is 11.3 Å². The molecule has 0 fully saturated rings. The minimum atomic E-state index is -0.232. The molecule has 4 rings (SSSR count). The van der Waals surface area contributed by atoms with Crippen molar-refractivity contribution in [3.05, 3.63) is 88.4 Å². The maximum absolute atomic E-state index is 12.6. The zero-order chi connectivity index (χ0) is 22.2. The number of amides is 2. The molecule has 4 aromatic rings. The van der Waals surface area contributed by atoms with Crippen molar-refractivity contribution in [2.45, 2.75) is 19.3 Å². The third kappa shape index (κ3) is 5.67. The highest BCUT2D eigenvalue weighted by Gasteiger charge is 2.15. The van der Waals surface area contributed by atoms with Crippen LogP contribution in [-0.4, -0.2) is 28.5 Å². The summed E-state index contributed by atoms with van der Waals surface area (Å²) < 4.78 is 5.23. The quantitative estimate of drug-likeness (QED) is 0.399. The zero-order valence-electron chi connectivity index (χ0n) is 17.3. The smallest absolute Gasteiger partial charge is 0.253 e. The summed E-state index contributed by atoms with van der Waals surface area (Å²) in [5.74, 6) is 0.450. The Morgan fingerprint density at radius 3 is 2.59 bits per heavy atom. The largest absolute Gasteiger partial charge is 0.352 e. The lowest BCUT2D eigenvalue weighted by Gasteiger charge is -2.11. The molecule has 0 bridgehead atoms. The summed E-state index contributed by atoms with van der Waals surface area (Å²) >= 11 is 1.55. The molecule has 0 atom stereocenters. The van der Waals surface area contributed by atoms with Gasteiger partial charge in [0, 0.05) is 30.3 Å². The fraction of sp³-hybridized carbons (Fsp3) is 0.167. The molecule has 0 aliphatic carbocycles. The van der Waals surface area contributed by atoms with Gasteiger partial charge in [0.15, 0.2) is 0 Å². The van der Waals surface area contributed by atoms with Gasteiger partial charge < -0.3 is 15.2 Å². The van der Waals surface area contributed by atoms with Gasteiger partial charge in [-0.15, -0.1) is 0 Å². The molecule has 2 aromatic heterocycles. The minimum absolute atomic E-state index is 0.162. The van der Waals surface area contributed by atoms with Crippen LogP contribution in [0.3, 0.4) is 0 Å². The molecule has 2 amide bonds. The molecule has 0 saturated heterocycles. The standard InChI is InChI=1S/C24H22N4O3S/c29-21(10-11-22-27-23(28-31-22)18-13-15-32-16-18)26-20-9-5-4-8-19(20)24(30)25-14-12-17-6-2-1-3-7-17/h1-9,13,15-16H,10-12,14H2,(H,25,30)(H,26,29). The molecule has 8 heteroatoms. The van der Waals surface area contributed by atoms with Crippen LogP contribution in [0.5, 0.6) is 0 Å². The SMILES string of the molecule is O=C(CCc1nc(-c2ccsc2)no1)Nc1ccccc1C(=O)NCCc1ccccc1. The average molecular weight is 447 g/mol. The molecule has 0 saturated carbocycles. The first-order valence-corrected chi connectivity index (χ1v) is 11.2. The number of aromatic nitrogens is 2. The van der Waals surface area contributed by atoms with Crippen LogP contribution in [0.4, 0.5) is 5.69 Å². The number of nitrogens with one attached hydrogen (secondary N) is 2. The lowest BCUT2D eigenvalue weighted by atomic mass is 10.1. The number of aryl methyl sites for hydroxylation is 1. The topological polar surface area (TPSA) is 97.1 Å². The highest BCUT2D eigenvalue weighted by Crippen LogP contribution is 2.19. The Labute approximate surface area is 189 Å². The second-order valence-corrected chi connectivity index (χ2v) is 7.89. The number of anilines is 1. The van der Waals surface area contributed by atoms with Crippen LogP contribution in [0.2, 0.25) is 0 Å². The summed E-state index contributed by atoms with van der Waals surface area (Å²) in [5.41, 5.74) is 2.94. The maximum atomic E-state index is 12.6. The molecular formula is C24H22N4O3S. The summed E-state index contributed by atoms with van der Waals surface area (Å²) in [6.45, 7) is 0.509. The first kappa shape index (κ1) is 21.5. The van der Waals surface area contributed by atoms with Gasteiger partial charge in [0.2, 0.25) is 17.6 Å². The number of carbonyl (C=O) groups is 2. The van der Waals surface area contributed by atoms with Crippen molar-refractivity contribution in [2.75, 3.05) is 11.9 Å². The highest BCUT2D eigenvalue weighted by molar-refractivity contribution is 7.08. The predicted molar refractivity (Wildman–Crippen MR) is 123 cm³/mol. The number of para-hydroxylation sites is 1. The van der Waals surface area contributed by atoms with E-state index in [9.17, 15) is 9.59 Å². The number of thiophene rings is 1. The minimum Gasteiger partial charge on any atom is -0.352 e. The monoisotopic (exact) mass is 446 g/mol. The van der Waals surface area contributed by atoms with Crippen LogP contribution in [0.25, 0.3) is 11.4 Å². The Morgan fingerprint density at radius 2 is 1.78 bits per heavy atom. The lowest BCUT2D eigenvalue weighted by molar-refractivity contribution is -0.116. The van der Waals surface area contributed by atoms with Gasteiger partial charge >= 0.3 is 0 Å². The first-order valence-electron chi connectivity index (χ1n) is 10.3. The van der Waals surface area contributed by atoms with Crippen molar-refractivity contribution >= 4 is 28.8 Å². The Kier molecular flexibility index (Phi) is 7.04. The number of rotatable bonds is 9. The van der Waals surface area contributed by atoms with E-state index in [1.807, 2.05) is 47.2 Å². The van der Waals surface area contributed by atoms with E-state index >= 15 is 0 Å². The molecule has 7 nitrogen and oxygen atoms in total. The van der Waals surface area contributed by atoms with E-state index in [1.165, 1.54) is 0 Å². The molecule has 162 valence electrons. The van der Waals surface area contributed by atoms with Gasteiger partial charge in [-0.1, -0.05) is 47.6 Å².